The van der Waals surface area contributed by atoms with Gasteiger partial charge in [-0.2, -0.15) is 5.10 Å². The molecule has 0 unspecified atom stereocenters. The Bertz CT molecular complexity index is 757. The second kappa shape index (κ2) is 7.40. The Morgan fingerprint density at radius 3 is 2.35 bits per heavy atom. The Kier molecular flexibility index (Phi) is 4.82. The van der Waals surface area contributed by atoms with Gasteiger partial charge in [0.25, 0.3) is 5.91 Å². The zero-order valence-corrected chi connectivity index (χ0v) is 15.5. The van der Waals surface area contributed by atoms with E-state index in [4.69, 9.17) is 0 Å². The van der Waals surface area contributed by atoms with Gasteiger partial charge in [-0.25, -0.2) is 0 Å². The van der Waals surface area contributed by atoms with Crippen molar-refractivity contribution in [1.29, 1.82) is 0 Å². The maximum absolute atomic E-state index is 13.2. The molecule has 0 saturated carbocycles. The zero-order chi connectivity index (χ0) is 17.9. The van der Waals surface area contributed by atoms with E-state index in [-0.39, 0.29) is 5.91 Å². The number of hydrogen-bond donors (Lipinski definition) is 0. The van der Waals surface area contributed by atoms with Crippen LogP contribution < -0.4 is 9.80 Å². The number of anilines is 2. The smallest absolute Gasteiger partial charge is 0.256 e. The Morgan fingerprint density at radius 1 is 0.923 bits per heavy atom. The van der Waals surface area contributed by atoms with Gasteiger partial charge in [-0.3, -0.25) is 9.48 Å². The average Bonchev–Trinajstić information content (AvgIpc) is 3.14. The van der Waals surface area contributed by atoms with Gasteiger partial charge in [0.05, 0.1) is 17.4 Å². The summed E-state index contributed by atoms with van der Waals surface area (Å²) >= 11 is 0. The molecule has 1 aromatic carbocycles. The second-order valence-corrected chi connectivity index (χ2v) is 7.22. The number of aromatic nitrogens is 2. The van der Waals surface area contributed by atoms with Gasteiger partial charge in [-0.15, -0.1) is 0 Å². The molecular formula is C20H27N5O. The van der Waals surface area contributed by atoms with E-state index in [9.17, 15) is 4.79 Å². The van der Waals surface area contributed by atoms with Gasteiger partial charge in [-0.1, -0.05) is 12.1 Å². The van der Waals surface area contributed by atoms with Crippen LogP contribution in [-0.4, -0.2) is 59.9 Å². The predicted molar refractivity (Wildman–Crippen MR) is 104 cm³/mol. The summed E-state index contributed by atoms with van der Waals surface area (Å²) in [4.78, 5) is 19.8. The van der Waals surface area contributed by atoms with Crippen molar-refractivity contribution in [2.45, 2.75) is 19.3 Å². The molecule has 6 heteroatoms. The van der Waals surface area contributed by atoms with E-state index in [1.54, 1.807) is 0 Å². The van der Waals surface area contributed by atoms with Crippen molar-refractivity contribution in [2.75, 3.05) is 49.1 Å². The van der Waals surface area contributed by atoms with Crippen LogP contribution in [0, 0.1) is 0 Å². The standard InChI is InChI=1S/C20H27N5O/c1-22-16-17(15-21-22)23-11-13-25(14-12-23)20(26)18-7-3-4-8-19(18)24-9-5-2-6-10-24/h3-4,7-8,15-16H,2,5-6,9-14H2,1H3. The number of piperazine rings is 1. The Labute approximate surface area is 155 Å². The number of carbonyl (C=O) groups excluding carboxylic acids is 1. The van der Waals surface area contributed by atoms with Crippen LogP contribution in [0.15, 0.2) is 36.7 Å². The highest BCUT2D eigenvalue weighted by Crippen LogP contribution is 2.26. The molecule has 4 rings (SSSR count). The summed E-state index contributed by atoms with van der Waals surface area (Å²) in [6.45, 7) is 5.31. The number of benzene rings is 1. The van der Waals surface area contributed by atoms with E-state index in [0.29, 0.717) is 0 Å². The molecule has 0 spiro atoms. The monoisotopic (exact) mass is 353 g/mol. The van der Waals surface area contributed by atoms with Crippen LogP contribution in [0.2, 0.25) is 0 Å². The molecule has 2 aromatic rings. The topological polar surface area (TPSA) is 44.6 Å². The third-order valence-electron chi connectivity index (χ3n) is 5.45. The summed E-state index contributed by atoms with van der Waals surface area (Å²) in [6.07, 6.45) is 7.65. The molecule has 0 aliphatic carbocycles. The highest BCUT2D eigenvalue weighted by Gasteiger charge is 2.26. The van der Waals surface area contributed by atoms with Gasteiger partial charge >= 0.3 is 0 Å². The predicted octanol–water partition coefficient (Wildman–Crippen LogP) is 2.37. The number of nitrogens with zero attached hydrogens (tertiary/aromatic N) is 5. The fourth-order valence-electron chi connectivity index (χ4n) is 3.97. The summed E-state index contributed by atoms with van der Waals surface area (Å²) in [5.74, 6) is 0.164. The largest absolute Gasteiger partial charge is 0.371 e. The van der Waals surface area contributed by atoms with Crippen molar-refractivity contribution >= 4 is 17.3 Å². The molecule has 1 amide bonds. The lowest BCUT2D eigenvalue weighted by atomic mass is 10.1. The maximum Gasteiger partial charge on any atom is 0.256 e. The molecule has 0 radical (unpaired) electrons. The number of para-hydroxylation sites is 1. The van der Waals surface area contributed by atoms with Crippen LogP contribution in [0.3, 0.4) is 0 Å². The van der Waals surface area contributed by atoms with E-state index >= 15 is 0 Å². The zero-order valence-electron chi connectivity index (χ0n) is 15.5. The SMILES string of the molecule is Cn1cc(N2CCN(C(=O)c3ccccc3N3CCCCC3)CC2)cn1. The molecule has 0 bridgehead atoms. The number of aryl methyl sites for hydroxylation is 1. The van der Waals surface area contributed by atoms with Crippen molar-refractivity contribution in [3.8, 4) is 0 Å². The Hall–Kier alpha value is -2.50. The van der Waals surface area contributed by atoms with Crippen LogP contribution in [0.4, 0.5) is 11.4 Å². The maximum atomic E-state index is 13.2. The molecule has 3 heterocycles. The highest BCUT2D eigenvalue weighted by atomic mass is 16.2. The average molecular weight is 353 g/mol. The highest BCUT2D eigenvalue weighted by molar-refractivity contribution is 6.00. The Morgan fingerprint density at radius 2 is 1.65 bits per heavy atom. The first kappa shape index (κ1) is 16.9. The third-order valence-corrected chi connectivity index (χ3v) is 5.45. The van der Waals surface area contributed by atoms with Crippen LogP contribution >= 0.6 is 0 Å². The molecule has 26 heavy (non-hydrogen) atoms. The third kappa shape index (κ3) is 3.41. The minimum absolute atomic E-state index is 0.164. The van der Waals surface area contributed by atoms with E-state index in [1.165, 1.54) is 19.3 Å². The minimum atomic E-state index is 0.164. The molecule has 2 aliphatic rings. The minimum Gasteiger partial charge on any atom is -0.371 e. The Balaban J connectivity index is 1.45. The van der Waals surface area contributed by atoms with Gasteiger partial charge < -0.3 is 14.7 Å². The molecule has 0 N–H and O–H groups in total. The molecule has 0 atom stereocenters. The van der Waals surface area contributed by atoms with Crippen molar-refractivity contribution in [2.24, 2.45) is 7.05 Å². The van der Waals surface area contributed by atoms with Gasteiger partial charge in [-0.05, 0) is 31.4 Å². The van der Waals surface area contributed by atoms with Crippen molar-refractivity contribution < 1.29 is 4.79 Å². The van der Waals surface area contributed by atoms with Crippen LogP contribution in [0.5, 0.6) is 0 Å². The van der Waals surface area contributed by atoms with Gasteiger partial charge in [0.2, 0.25) is 0 Å². The van der Waals surface area contributed by atoms with Crippen LogP contribution in [0.1, 0.15) is 29.6 Å². The molecular weight excluding hydrogens is 326 g/mol. The normalized spacial score (nSPS) is 18.3. The first-order chi connectivity index (χ1) is 12.7. The fourth-order valence-corrected chi connectivity index (χ4v) is 3.97. The molecule has 2 fully saturated rings. The second-order valence-electron chi connectivity index (χ2n) is 7.22. The molecule has 2 saturated heterocycles. The van der Waals surface area contributed by atoms with E-state index < -0.39 is 0 Å². The van der Waals surface area contributed by atoms with Gasteiger partial charge in [0.15, 0.2) is 0 Å². The summed E-state index contributed by atoms with van der Waals surface area (Å²) in [6, 6.07) is 8.11. The first-order valence-corrected chi connectivity index (χ1v) is 9.59. The number of amides is 1. The van der Waals surface area contributed by atoms with E-state index in [2.05, 4.69) is 21.0 Å². The fraction of sp³-hybridized carbons (Fsp3) is 0.500. The molecule has 138 valence electrons. The van der Waals surface area contributed by atoms with Crippen LogP contribution in [-0.2, 0) is 7.05 Å². The lowest BCUT2D eigenvalue weighted by Gasteiger charge is -2.36. The van der Waals surface area contributed by atoms with E-state index in [1.807, 2.05) is 47.2 Å². The van der Waals surface area contributed by atoms with Crippen molar-refractivity contribution in [3.63, 3.8) is 0 Å². The number of carbonyl (C=O) groups is 1. The quantitative estimate of drug-likeness (QED) is 0.850. The van der Waals surface area contributed by atoms with Gasteiger partial charge in [0.1, 0.15) is 0 Å². The first-order valence-electron chi connectivity index (χ1n) is 9.59. The summed E-state index contributed by atoms with van der Waals surface area (Å²) in [5.41, 5.74) is 3.09. The molecule has 2 aliphatic heterocycles. The summed E-state index contributed by atoms with van der Waals surface area (Å²) < 4.78 is 1.82. The lowest BCUT2D eigenvalue weighted by molar-refractivity contribution is 0.0747. The molecule has 1 aromatic heterocycles. The van der Waals surface area contributed by atoms with Crippen LogP contribution in [0.25, 0.3) is 0 Å². The van der Waals surface area contributed by atoms with Crippen molar-refractivity contribution in [3.05, 3.63) is 42.2 Å². The lowest BCUT2D eigenvalue weighted by Crippen LogP contribution is -2.49. The van der Waals surface area contributed by atoms with Gasteiger partial charge in [0, 0.05) is 58.2 Å². The number of hydrogen-bond acceptors (Lipinski definition) is 4. The molecule has 6 nitrogen and oxygen atoms in total. The number of piperidine rings is 1. The van der Waals surface area contributed by atoms with E-state index in [0.717, 1.165) is 56.2 Å². The number of rotatable bonds is 3. The summed E-state index contributed by atoms with van der Waals surface area (Å²) in [7, 11) is 1.93. The van der Waals surface area contributed by atoms with Crippen molar-refractivity contribution in [1.82, 2.24) is 14.7 Å². The summed E-state index contributed by atoms with van der Waals surface area (Å²) in [5, 5.41) is 4.25.